The molecule has 0 bridgehead atoms. The van der Waals surface area contributed by atoms with Gasteiger partial charge in [0.1, 0.15) is 18.2 Å². The van der Waals surface area contributed by atoms with Gasteiger partial charge in [-0.15, -0.1) is 0 Å². The monoisotopic (exact) mass is 386 g/mol. The predicted molar refractivity (Wildman–Crippen MR) is 112 cm³/mol. The average molecular weight is 386 g/mol. The zero-order valence-corrected chi connectivity index (χ0v) is 16.5. The second-order valence-electron chi connectivity index (χ2n) is 7.66. The highest BCUT2D eigenvalue weighted by atomic mass is 16.5. The Bertz CT molecular complexity index is 1250. The molecule has 3 aromatic heterocycles. The first-order valence-electron chi connectivity index (χ1n) is 9.82. The van der Waals surface area contributed by atoms with Crippen molar-refractivity contribution in [1.29, 1.82) is 0 Å². The molecule has 5 rings (SSSR count). The smallest absolute Gasteiger partial charge is 0.258 e. The molecule has 0 aliphatic heterocycles. The highest BCUT2D eigenvalue weighted by molar-refractivity contribution is 5.78. The largest absolute Gasteiger partial charge is 0.487 e. The SMILES string of the molecule is Cc1ccc(COc2ccn(-c3ccc4nc(C5CC5)n(C)c4c3)c(=O)c2)nc1. The van der Waals surface area contributed by atoms with Crippen LogP contribution < -0.4 is 10.3 Å². The number of benzene rings is 1. The van der Waals surface area contributed by atoms with Gasteiger partial charge in [0.15, 0.2) is 0 Å². The van der Waals surface area contributed by atoms with Gasteiger partial charge in [-0.1, -0.05) is 6.07 Å². The molecule has 1 saturated carbocycles. The fourth-order valence-electron chi connectivity index (χ4n) is 3.56. The first-order valence-corrected chi connectivity index (χ1v) is 9.82. The van der Waals surface area contributed by atoms with Crippen LogP contribution in [-0.2, 0) is 13.7 Å². The molecule has 1 aliphatic rings. The van der Waals surface area contributed by atoms with Gasteiger partial charge in [0.2, 0.25) is 0 Å². The minimum atomic E-state index is -0.136. The van der Waals surface area contributed by atoms with Crippen molar-refractivity contribution in [3.05, 3.63) is 82.3 Å². The van der Waals surface area contributed by atoms with E-state index < -0.39 is 0 Å². The fourth-order valence-corrected chi connectivity index (χ4v) is 3.56. The maximum Gasteiger partial charge on any atom is 0.258 e. The van der Waals surface area contributed by atoms with Crippen LogP contribution in [0.3, 0.4) is 0 Å². The van der Waals surface area contributed by atoms with E-state index in [4.69, 9.17) is 9.72 Å². The van der Waals surface area contributed by atoms with Gasteiger partial charge in [-0.3, -0.25) is 14.3 Å². The third-order valence-corrected chi connectivity index (χ3v) is 5.37. The minimum absolute atomic E-state index is 0.136. The Balaban J connectivity index is 1.40. The van der Waals surface area contributed by atoms with E-state index >= 15 is 0 Å². The number of hydrogen-bond acceptors (Lipinski definition) is 4. The molecule has 1 fully saturated rings. The predicted octanol–water partition coefficient (Wildman–Crippen LogP) is 3.88. The zero-order valence-electron chi connectivity index (χ0n) is 16.5. The molecule has 0 radical (unpaired) electrons. The van der Waals surface area contributed by atoms with Crippen LogP contribution in [-0.4, -0.2) is 19.1 Å². The van der Waals surface area contributed by atoms with E-state index in [0.717, 1.165) is 33.8 Å². The van der Waals surface area contributed by atoms with Crippen molar-refractivity contribution in [2.45, 2.75) is 32.3 Å². The van der Waals surface area contributed by atoms with E-state index in [1.807, 2.05) is 44.3 Å². The van der Waals surface area contributed by atoms with Crippen LogP contribution in [0.1, 0.15) is 35.8 Å². The molecule has 0 spiro atoms. The Hall–Kier alpha value is -3.41. The van der Waals surface area contributed by atoms with Gasteiger partial charge in [0, 0.05) is 31.4 Å². The summed E-state index contributed by atoms with van der Waals surface area (Å²) >= 11 is 0. The van der Waals surface area contributed by atoms with E-state index in [2.05, 4.69) is 9.55 Å². The Morgan fingerprint density at radius 3 is 2.72 bits per heavy atom. The lowest BCUT2D eigenvalue weighted by Gasteiger charge is -2.09. The van der Waals surface area contributed by atoms with Crippen molar-refractivity contribution in [2.75, 3.05) is 0 Å². The molecule has 0 amide bonds. The molecule has 0 unspecified atom stereocenters. The summed E-state index contributed by atoms with van der Waals surface area (Å²) in [6.45, 7) is 2.32. The van der Waals surface area contributed by atoms with Crippen molar-refractivity contribution in [3.8, 4) is 11.4 Å². The minimum Gasteiger partial charge on any atom is -0.487 e. The van der Waals surface area contributed by atoms with Gasteiger partial charge in [-0.2, -0.15) is 0 Å². The van der Waals surface area contributed by atoms with Crippen molar-refractivity contribution in [1.82, 2.24) is 19.1 Å². The summed E-state index contributed by atoms with van der Waals surface area (Å²) in [5, 5.41) is 0. The molecule has 146 valence electrons. The average Bonchev–Trinajstić information content (AvgIpc) is 3.52. The number of rotatable bonds is 5. The van der Waals surface area contributed by atoms with Gasteiger partial charge in [0.05, 0.1) is 22.4 Å². The Morgan fingerprint density at radius 2 is 2.00 bits per heavy atom. The van der Waals surface area contributed by atoms with Crippen molar-refractivity contribution in [2.24, 2.45) is 7.05 Å². The molecule has 0 atom stereocenters. The lowest BCUT2D eigenvalue weighted by Crippen LogP contribution is -2.16. The molecule has 0 saturated heterocycles. The first kappa shape index (κ1) is 17.7. The van der Waals surface area contributed by atoms with Gasteiger partial charge in [-0.25, -0.2) is 4.98 Å². The summed E-state index contributed by atoms with van der Waals surface area (Å²) in [7, 11) is 2.05. The lowest BCUT2D eigenvalue weighted by molar-refractivity contribution is 0.300. The Kier molecular flexibility index (Phi) is 4.19. The third-order valence-electron chi connectivity index (χ3n) is 5.37. The number of pyridine rings is 2. The number of hydrogen-bond donors (Lipinski definition) is 0. The summed E-state index contributed by atoms with van der Waals surface area (Å²) < 4.78 is 9.51. The van der Waals surface area contributed by atoms with Gasteiger partial charge < -0.3 is 9.30 Å². The highest BCUT2D eigenvalue weighted by Crippen LogP contribution is 2.40. The molecule has 4 aromatic rings. The van der Waals surface area contributed by atoms with Crippen LogP contribution in [0, 0.1) is 6.92 Å². The van der Waals surface area contributed by atoms with Crippen molar-refractivity contribution >= 4 is 11.0 Å². The molecule has 1 aliphatic carbocycles. The molecule has 29 heavy (non-hydrogen) atoms. The summed E-state index contributed by atoms with van der Waals surface area (Å²) in [5.74, 6) is 2.25. The molecule has 0 N–H and O–H groups in total. The maximum absolute atomic E-state index is 12.7. The molecule has 6 heteroatoms. The number of aromatic nitrogens is 4. The zero-order chi connectivity index (χ0) is 20.0. The van der Waals surface area contributed by atoms with Crippen molar-refractivity contribution < 1.29 is 4.74 Å². The number of nitrogens with zero attached hydrogens (tertiary/aromatic N) is 4. The number of aryl methyl sites for hydroxylation is 2. The van der Waals surface area contributed by atoms with Gasteiger partial charge in [0.25, 0.3) is 5.56 Å². The molecule has 3 heterocycles. The molecule has 1 aromatic carbocycles. The number of imidazole rings is 1. The van der Waals surface area contributed by atoms with Crippen LogP contribution >= 0.6 is 0 Å². The molecule has 6 nitrogen and oxygen atoms in total. The van der Waals surface area contributed by atoms with Crippen LogP contribution in [0.15, 0.2) is 59.7 Å². The quantitative estimate of drug-likeness (QED) is 0.522. The van der Waals surface area contributed by atoms with Crippen LogP contribution in [0.4, 0.5) is 0 Å². The summed E-state index contributed by atoms with van der Waals surface area (Å²) in [4.78, 5) is 21.8. The van der Waals surface area contributed by atoms with Crippen molar-refractivity contribution in [3.63, 3.8) is 0 Å². The normalized spacial score (nSPS) is 13.7. The summed E-state index contributed by atoms with van der Waals surface area (Å²) in [5.41, 5.74) is 4.63. The first-order chi connectivity index (χ1) is 14.1. The standard InChI is InChI=1S/C23H22N4O2/c1-15-3-6-17(24-13-15)14-29-19-9-10-27(22(28)12-19)18-7-8-20-21(11-18)26(2)23(25-20)16-4-5-16/h3,6-13,16H,4-5,14H2,1-2H3. The summed E-state index contributed by atoms with van der Waals surface area (Å²) in [6.07, 6.45) is 5.98. The second-order valence-corrected chi connectivity index (χ2v) is 7.66. The van der Waals surface area contributed by atoms with E-state index in [1.54, 1.807) is 23.0 Å². The fraction of sp³-hybridized carbons (Fsp3) is 0.261. The second kappa shape index (κ2) is 6.88. The van der Waals surface area contributed by atoms with Crippen LogP contribution in [0.5, 0.6) is 5.75 Å². The van der Waals surface area contributed by atoms with Gasteiger partial charge in [-0.05, 0) is 55.7 Å². The van der Waals surface area contributed by atoms with E-state index in [1.165, 1.54) is 18.9 Å². The highest BCUT2D eigenvalue weighted by Gasteiger charge is 2.28. The van der Waals surface area contributed by atoms with E-state index in [0.29, 0.717) is 18.3 Å². The van der Waals surface area contributed by atoms with Crippen LogP contribution in [0.2, 0.25) is 0 Å². The Labute approximate surface area is 168 Å². The van der Waals surface area contributed by atoms with Crippen LogP contribution in [0.25, 0.3) is 16.7 Å². The maximum atomic E-state index is 12.7. The number of ether oxygens (including phenoxy) is 1. The van der Waals surface area contributed by atoms with Gasteiger partial charge >= 0.3 is 0 Å². The molecular weight excluding hydrogens is 364 g/mol. The lowest BCUT2D eigenvalue weighted by atomic mass is 10.2. The Morgan fingerprint density at radius 1 is 1.14 bits per heavy atom. The third kappa shape index (κ3) is 3.42. The number of fused-ring (bicyclic) bond motifs is 1. The topological polar surface area (TPSA) is 61.9 Å². The summed E-state index contributed by atoms with van der Waals surface area (Å²) in [6, 6.07) is 13.2. The van der Waals surface area contributed by atoms with E-state index in [9.17, 15) is 4.79 Å². The molecular formula is C23H22N4O2. The van der Waals surface area contributed by atoms with E-state index in [-0.39, 0.29) is 5.56 Å².